The molecule has 1 atom stereocenters. The Kier molecular flexibility index (Phi) is 3.10. The second-order valence-corrected chi connectivity index (χ2v) is 3.50. The molecule has 1 aliphatic heterocycles. The molecule has 16 heavy (non-hydrogen) atoms. The Morgan fingerprint density at radius 3 is 2.94 bits per heavy atom. The fourth-order valence-corrected chi connectivity index (χ4v) is 1.73. The first-order chi connectivity index (χ1) is 7.74. The summed E-state index contributed by atoms with van der Waals surface area (Å²) < 4.78 is 23.9. The van der Waals surface area contributed by atoms with E-state index in [-0.39, 0.29) is 5.56 Å². The Hall–Kier alpha value is -1.55. The number of aliphatic hydroxyl groups is 1. The molecule has 1 aromatic carbocycles. The highest BCUT2D eigenvalue weighted by molar-refractivity contribution is 5.39. The van der Waals surface area contributed by atoms with Gasteiger partial charge in [0, 0.05) is 6.42 Å². The summed E-state index contributed by atoms with van der Waals surface area (Å²) in [7, 11) is 1.44. The molecule has 0 radical (unpaired) electrons. The maximum absolute atomic E-state index is 13.6. The Labute approximate surface area is 93.1 Å². The van der Waals surface area contributed by atoms with Crippen LogP contribution in [0.4, 0.5) is 4.39 Å². The molecule has 1 aromatic rings. The van der Waals surface area contributed by atoms with Crippen molar-refractivity contribution in [3.05, 3.63) is 41.4 Å². The fourth-order valence-electron chi connectivity index (χ4n) is 1.73. The molecule has 1 heterocycles. The SMILES string of the molecule is COc1cccc(F)c1C(O)C1=CCCO1. The lowest BCUT2D eigenvalue weighted by atomic mass is 10.1. The molecule has 0 amide bonds. The summed E-state index contributed by atoms with van der Waals surface area (Å²) in [6.45, 7) is 0.531. The number of aliphatic hydroxyl groups excluding tert-OH is 1. The zero-order valence-corrected chi connectivity index (χ0v) is 8.94. The quantitative estimate of drug-likeness (QED) is 0.855. The summed E-state index contributed by atoms with van der Waals surface area (Å²) in [6.07, 6.45) is 1.40. The first kappa shape index (κ1) is 11.0. The Bertz CT molecular complexity index is 415. The van der Waals surface area contributed by atoms with Gasteiger partial charge in [-0.15, -0.1) is 0 Å². The lowest BCUT2D eigenvalue weighted by molar-refractivity contribution is 0.114. The highest BCUT2D eigenvalue weighted by Crippen LogP contribution is 2.34. The van der Waals surface area contributed by atoms with E-state index in [4.69, 9.17) is 9.47 Å². The van der Waals surface area contributed by atoms with E-state index in [1.54, 1.807) is 12.1 Å². The van der Waals surface area contributed by atoms with Crippen LogP contribution in [0.5, 0.6) is 5.75 Å². The van der Waals surface area contributed by atoms with E-state index >= 15 is 0 Å². The van der Waals surface area contributed by atoms with Crippen molar-refractivity contribution in [1.82, 2.24) is 0 Å². The van der Waals surface area contributed by atoms with Crippen molar-refractivity contribution in [2.45, 2.75) is 12.5 Å². The topological polar surface area (TPSA) is 38.7 Å². The van der Waals surface area contributed by atoms with Gasteiger partial charge in [-0.2, -0.15) is 0 Å². The van der Waals surface area contributed by atoms with Gasteiger partial charge in [0.1, 0.15) is 23.4 Å². The van der Waals surface area contributed by atoms with Gasteiger partial charge in [-0.3, -0.25) is 0 Å². The first-order valence-electron chi connectivity index (χ1n) is 5.07. The average molecular weight is 224 g/mol. The van der Waals surface area contributed by atoms with Crippen LogP contribution in [0.1, 0.15) is 18.1 Å². The lowest BCUT2D eigenvalue weighted by Crippen LogP contribution is -2.07. The third-order valence-corrected chi connectivity index (χ3v) is 2.51. The van der Waals surface area contributed by atoms with Crippen molar-refractivity contribution in [3.63, 3.8) is 0 Å². The summed E-state index contributed by atoms with van der Waals surface area (Å²) in [5.74, 6) is 0.218. The largest absolute Gasteiger partial charge is 0.496 e. The third-order valence-electron chi connectivity index (χ3n) is 2.51. The van der Waals surface area contributed by atoms with Gasteiger partial charge in [0.2, 0.25) is 0 Å². The van der Waals surface area contributed by atoms with Crippen LogP contribution in [0.15, 0.2) is 30.0 Å². The van der Waals surface area contributed by atoms with E-state index in [0.717, 1.165) is 6.42 Å². The number of hydrogen-bond acceptors (Lipinski definition) is 3. The number of ether oxygens (including phenoxy) is 2. The van der Waals surface area contributed by atoms with Crippen LogP contribution < -0.4 is 4.74 Å². The molecule has 2 rings (SSSR count). The summed E-state index contributed by atoms with van der Waals surface area (Å²) in [4.78, 5) is 0. The van der Waals surface area contributed by atoms with E-state index in [1.165, 1.54) is 19.2 Å². The Balaban J connectivity index is 2.38. The predicted octanol–water partition coefficient (Wildman–Crippen LogP) is 2.17. The van der Waals surface area contributed by atoms with Crippen molar-refractivity contribution in [2.24, 2.45) is 0 Å². The minimum absolute atomic E-state index is 0.123. The molecule has 0 saturated carbocycles. The minimum Gasteiger partial charge on any atom is -0.496 e. The van der Waals surface area contributed by atoms with Crippen molar-refractivity contribution in [2.75, 3.05) is 13.7 Å². The molecule has 1 aliphatic rings. The molecule has 4 heteroatoms. The number of rotatable bonds is 3. The zero-order chi connectivity index (χ0) is 11.5. The van der Waals surface area contributed by atoms with Crippen molar-refractivity contribution in [3.8, 4) is 5.75 Å². The number of methoxy groups -OCH3 is 1. The molecule has 1 unspecified atom stereocenters. The average Bonchev–Trinajstić information content (AvgIpc) is 2.81. The van der Waals surface area contributed by atoms with Crippen LogP contribution in [0.3, 0.4) is 0 Å². The molecule has 86 valence electrons. The molecule has 3 nitrogen and oxygen atoms in total. The van der Waals surface area contributed by atoms with E-state index in [0.29, 0.717) is 18.1 Å². The lowest BCUT2D eigenvalue weighted by Gasteiger charge is -2.16. The minimum atomic E-state index is -1.10. The van der Waals surface area contributed by atoms with Crippen molar-refractivity contribution >= 4 is 0 Å². The smallest absolute Gasteiger partial charge is 0.142 e. The number of halogens is 1. The molecule has 0 bridgehead atoms. The number of benzene rings is 1. The van der Waals surface area contributed by atoms with E-state index in [2.05, 4.69) is 0 Å². The monoisotopic (exact) mass is 224 g/mol. The van der Waals surface area contributed by atoms with Gasteiger partial charge >= 0.3 is 0 Å². The van der Waals surface area contributed by atoms with Gasteiger partial charge in [-0.05, 0) is 18.2 Å². The van der Waals surface area contributed by atoms with Crippen LogP contribution >= 0.6 is 0 Å². The Morgan fingerprint density at radius 2 is 2.31 bits per heavy atom. The molecule has 0 fully saturated rings. The maximum atomic E-state index is 13.6. The van der Waals surface area contributed by atoms with Gasteiger partial charge in [0.25, 0.3) is 0 Å². The van der Waals surface area contributed by atoms with Gasteiger partial charge in [-0.1, -0.05) is 6.07 Å². The van der Waals surface area contributed by atoms with Crippen LogP contribution in [0, 0.1) is 5.82 Å². The fraction of sp³-hybridized carbons (Fsp3) is 0.333. The highest BCUT2D eigenvalue weighted by Gasteiger charge is 2.24. The van der Waals surface area contributed by atoms with E-state index in [9.17, 15) is 9.50 Å². The van der Waals surface area contributed by atoms with E-state index in [1.807, 2.05) is 0 Å². The maximum Gasteiger partial charge on any atom is 0.142 e. The second kappa shape index (κ2) is 4.53. The van der Waals surface area contributed by atoms with E-state index < -0.39 is 11.9 Å². The van der Waals surface area contributed by atoms with Gasteiger partial charge in [-0.25, -0.2) is 4.39 Å². The summed E-state index contributed by atoms with van der Waals surface area (Å²) >= 11 is 0. The predicted molar refractivity (Wildman–Crippen MR) is 56.6 cm³/mol. The zero-order valence-electron chi connectivity index (χ0n) is 8.94. The molecule has 0 spiro atoms. The molecule has 0 aromatic heterocycles. The van der Waals surface area contributed by atoms with Crippen molar-refractivity contribution in [1.29, 1.82) is 0 Å². The van der Waals surface area contributed by atoms with Crippen molar-refractivity contribution < 1.29 is 19.0 Å². The number of hydrogen-bond donors (Lipinski definition) is 1. The first-order valence-corrected chi connectivity index (χ1v) is 5.07. The van der Waals surface area contributed by atoms with Crippen LogP contribution in [0.2, 0.25) is 0 Å². The molecule has 1 N–H and O–H groups in total. The third kappa shape index (κ3) is 1.88. The summed E-state index contributed by atoms with van der Waals surface area (Å²) in [5, 5.41) is 10.00. The molecular formula is C12H13FO3. The van der Waals surface area contributed by atoms with Gasteiger partial charge in [0.05, 0.1) is 19.3 Å². The molecule has 0 saturated heterocycles. The summed E-state index contributed by atoms with van der Waals surface area (Å²) in [5.41, 5.74) is 0.123. The van der Waals surface area contributed by atoms with Gasteiger partial charge < -0.3 is 14.6 Å². The highest BCUT2D eigenvalue weighted by atomic mass is 19.1. The normalized spacial score (nSPS) is 16.6. The molecular weight excluding hydrogens is 211 g/mol. The Morgan fingerprint density at radius 1 is 1.50 bits per heavy atom. The van der Waals surface area contributed by atoms with Crippen LogP contribution in [0.25, 0.3) is 0 Å². The van der Waals surface area contributed by atoms with Gasteiger partial charge in [0.15, 0.2) is 0 Å². The summed E-state index contributed by atoms with van der Waals surface area (Å²) in [6, 6.07) is 4.43. The van der Waals surface area contributed by atoms with Crippen LogP contribution in [-0.2, 0) is 4.74 Å². The molecule has 0 aliphatic carbocycles. The second-order valence-electron chi connectivity index (χ2n) is 3.50. The van der Waals surface area contributed by atoms with Crippen LogP contribution in [-0.4, -0.2) is 18.8 Å². The standard InChI is InChI=1S/C12H13FO3/c1-15-9-5-2-4-8(13)11(9)12(14)10-6-3-7-16-10/h2,4-6,12,14H,3,7H2,1H3.